The molecule has 0 N–H and O–H groups in total. The van der Waals surface area contributed by atoms with E-state index in [1.807, 2.05) is 13.8 Å². The third kappa shape index (κ3) is 3.46. The van der Waals surface area contributed by atoms with Crippen molar-refractivity contribution in [1.29, 1.82) is 0 Å². The molecular formula is C5H11NO. The first kappa shape index (κ1) is 6.63. The standard InChI is InChI=1S/C5H11NO/c1-4-7-5(2)6-3/h5H,3-4H2,1-2H3. The maximum atomic E-state index is 4.96. The highest BCUT2D eigenvalue weighted by atomic mass is 16.5. The Morgan fingerprint density at radius 3 is 2.57 bits per heavy atom. The summed E-state index contributed by atoms with van der Waals surface area (Å²) in [6.45, 7) is 7.80. The van der Waals surface area contributed by atoms with Crippen molar-refractivity contribution in [3.63, 3.8) is 0 Å². The second-order valence-corrected chi connectivity index (χ2v) is 1.24. The van der Waals surface area contributed by atoms with Crippen LogP contribution in [0.15, 0.2) is 4.99 Å². The number of hydrogen-bond acceptors (Lipinski definition) is 2. The summed E-state index contributed by atoms with van der Waals surface area (Å²) in [6, 6.07) is 0. The van der Waals surface area contributed by atoms with Crippen molar-refractivity contribution in [2.45, 2.75) is 20.1 Å². The van der Waals surface area contributed by atoms with Crippen molar-refractivity contribution in [1.82, 2.24) is 0 Å². The van der Waals surface area contributed by atoms with Gasteiger partial charge >= 0.3 is 0 Å². The van der Waals surface area contributed by atoms with Crippen molar-refractivity contribution in [2.24, 2.45) is 4.99 Å². The summed E-state index contributed by atoms with van der Waals surface area (Å²) < 4.78 is 4.96. The zero-order valence-electron chi connectivity index (χ0n) is 4.85. The molecule has 2 nitrogen and oxygen atoms in total. The number of hydrogen-bond donors (Lipinski definition) is 0. The average Bonchev–Trinajstić information content (AvgIpc) is 1.68. The lowest BCUT2D eigenvalue weighted by Gasteiger charge is -2.01. The quantitative estimate of drug-likeness (QED) is 0.487. The van der Waals surface area contributed by atoms with Gasteiger partial charge in [0.05, 0.1) is 0 Å². The van der Waals surface area contributed by atoms with Crippen LogP contribution in [0.4, 0.5) is 0 Å². The maximum Gasteiger partial charge on any atom is 0.144 e. The zero-order chi connectivity index (χ0) is 5.70. The lowest BCUT2D eigenvalue weighted by atomic mass is 10.7. The first-order valence-electron chi connectivity index (χ1n) is 2.38. The lowest BCUT2D eigenvalue weighted by Crippen LogP contribution is -2.02. The fraction of sp³-hybridized carbons (Fsp3) is 0.800. The molecule has 0 radical (unpaired) electrons. The molecule has 0 bridgehead atoms. The van der Waals surface area contributed by atoms with E-state index < -0.39 is 0 Å². The van der Waals surface area contributed by atoms with E-state index in [9.17, 15) is 0 Å². The number of rotatable bonds is 3. The van der Waals surface area contributed by atoms with Crippen LogP contribution < -0.4 is 0 Å². The fourth-order valence-corrected chi connectivity index (χ4v) is 0.294. The largest absolute Gasteiger partial charge is 0.357 e. The fourth-order valence-electron chi connectivity index (χ4n) is 0.294. The van der Waals surface area contributed by atoms with Crippen LogP contribution in [-0.2, 0) is 4.74 Å². The van der Waals surface area contributed by atoms with E-state index in [2.05, 4.69) is 11.7 Å². The number of nitrogens with zero attached hydrogens (tertiary/aromatic N) is 1. The van der Waals surface area contributed by atoms with Crippen molar-refractivity contribution < 1.29 is 4.74 Å². The predicted octanol–water partition coefficient (Wildman–Crippen LogP) is 1.07. The zero-order valence-corrected chi connectivity index (χ0v) is 4.85. The van der Waals surface area contributed by atoms with Crippen LogP contribution in [0.25, 0.3) is 0 Å². The maximum absolute atomic E-state index is 4.96. The Morgan fingerprint density at radius 2 is 2.43 bits per heavy atom. The topological polar surface area (TPSA) is 21.6 Å². The molecule has 0 spiro atoms. The second kappa shape index (κ2) is 3.81. The van der Waals surface area contributed by atoms with Gasteiger partial charge in [-0.25, -0.2) is 0 Å². The van der Waals surface area contributed by atoms with Crippen LogP contribution in [0.5, 0.6) is 0 Å². The van der Waals surface area contributed by atoms with Crippen LogP contribution in [0.2, 0.25) is 0 Å². The van der Waals surface area contributed by atoms with E-state index >= 15 is 0 Å². The molecule has 0 rings (SSSR count). The monoisotopic (exact) mass is 101 g/mol. The first-order chi connectivity index (χ1) is 3.31. The summed E-state index contributed by atoms with van der Waals surface area (Å²) in [7, 11) is 0. The number of aliphatic imine (C=N–C) groups is 1. The van der Waals surface area contributed by atoms with Gasteiger partial charge in [-0.1, -0.05) is 0 Å². The summed E-state index contributed by atoms with van der Waals surface area (Å²) in [4.78, 5) is 3.61. The van der Waals surface area contributed by atoms with Crippen molar-refractivity contribution >= 4 is 6.72 Å². The molecule has 0 fully saturated rings. The lowest BCUT2D eigenvalue weighted by molar-refractivity contribution is 0.0838. The summed E-state index contributed by atoms with van der Waals surface area (Å²) in [5.41, 5.74) is 0. The van der Waals surface area contributed by atoms with Gasteiger partial charge in [0.15, 0.2) is 0 Å². The molecule has 0 amide bonds. The van der Waals surface area contributed by atoms with E-state index in [0.29, 0.717) is 6.61 Å². The highest BCUT2D eigenvalue weighted by Gasteiger charge is 1.88. The summed E-state index contributed by atoms with van der Waals surface area (Å²) >= 11 is 0. The van der Waals surface area contributed by atoms with E-state index in [0.717, 1.165) is 0 Å². The number of ether oxygens (including phenoxy) is 1. The van der Waals surface area contributed by atoms with Crippen LogP contribution >= 0.6 is 0 Å². The van der Waals surface area contributed by atoms with Crippen LogP contribution in [0.1, 0.15) is 13.8 Å². The normalized spacial score (nSPS) is 13.4. The molecule has 42 valence electrons. The third-order valence-corrected chi connectivity index (χ3v) is 0.665. The Hall–Kier alpha value is -0.370. The molecule has 0 heterocycles. The summed E-state index contributed by atoms with van der Waals surface area (Å²) in [6.07, 6.45) is -0.0370. The highest BCUT2D eigenvalue weighted by molar-refractivity contribution is 5.23. The average molecular weight is 101 g/mol. The molecule has 0 aliphatic carbocycles. The molecule has 0 saturated carbocycles. The van der Waals surface area contributed by atoms with Gasteiger partial charge in [0.25, 0.3) is 0 Å². The third-order valence-electron chi connectivity index (χ3n) is 0.665. The first-order valence-corrected chi connectivity index (χ1v) is 2.38. The molecule has 1 unspecified atom stereocenters. The Morgan fingerprint density at radius 1 is 1.86 bits per heavy atom. The summed E-state index contributed by atoms with van der Waals surface area (Å²) in [5, 5.41) is 0. The van der Waals surface area contributed by atoms with Gasteiger partial charge in [-0.05, 0) is 20.6 Å². The SMILES string of the molecule is C=NC(C)OCC. The van der Waals surface area contributed by atoms with Gasteiger partial charge in [0.1, 0.15) is 6.23 Å². The Kier molecular flexibility index (Phi) is 3.61. The van der Waals surface area contributed by atoms with Crippen LogP contribution in [-0.4, -0.2) is 19.6 Å². The highest BCUT2D eigenvalue weighted by Crippen LogP contribution is 1.87. The van der Waals surface area contributed by atoms with E-state index in [4.69, 9.17) is 4.74 Å². The van der Waals surface area contributed by atoms with E-state index in [1.54, 1.807) is 0 Å². The Labute approximate surface area is 44.2 Å². The van der Waals surface area contributed by atoms with Gasteiger partial charge in [0.2, 0.25) is 0 Å². The Bertz CT molecular complexity index is 54.0. The smallest absolute Gasteiger partial charge is 0.144 e. The molecule has 1 atom stereocenters. The Balaban J connectivity index is 2.98. The minimum Gasteiger partial charge on any atom is -0.357 e. The van der Waals surface area contributed by atoms with Crippen molar-refractivity contribution in [3.05, 3.63) is 0 Å². The molecule has 0 aliphatic heterocycles. The van der Waals surface area contributed by atoms with Crippen molar-refractivity contribution in [3.8, 4) is 0 Å². The molecule has 0 aliphatic rings. The minimum atomic E-state index is -0.0370. The molecule has 0 aromatic heterocycles. The van der Waals surface area contributed by atoms with Gasteiger partial charge in [-0.3, -0.25) is 4.99 Å². The molecule has 7 heavy (non-hydrogen) atoms. The molecule has 0 saturated heterocycles. The van der Waals surface area contributed by atoms with E-state index in [1.165, 1.54) is 0 Å². The summed E-state index contributed by atoms with van der Waals surface area (Å²) in [5.74, 6) is 0. The van der Waals surface area contributed by atoms with E-state index in [-0.39, 0.29) is 6.23 Å². The van der Waals surface area contributed by atoms with Gasteiger partial charge < -0.3 is 4.74 Å². The molecular weight excluding hydrogens is 90.1 g/mol. The van der Waals surface area contributed by atoms with Crippen LogP contribution in [0, 0.1) is 0 Å². The second-order valence-electron chi connectivity index (χ2n) is 1.24. The van der Waals surface area contributed by atoms with Crippen molar-refractivity contribution in [2.75, 3.05) is 6.61 Å². The predicted molar refractivity (Wildman–Crippen MR) is 30.6 cm³/mol. The van der Waals surface area contributed by atoms with Gasteiger partial charge in [0, 0.05) is 6.61 Å². The minimum absolute atomic E-state index is 0.0370. The van der Waals surface area contributed by atoms with Gasteiger partial charge in [-0.15, -0.1) is 0 Å². The van der Waals surface area contributed by atoms with Crippen LogP contribution in [0.3, 0.4) is 0 Å². The van der Waals surface area contributed by atoms with Gasteiger partial charge in [-0.2, -0.15) is 0 Å². The molecule has 2 heteroatoms. The molecule has 0 aromatic rings. The molecule has 0 aromatic carbocycles.